The number of hydrogen-bond acceptors (Lipinski definition) is 4. The van der Waals surface area contributed by atoms with Crippen LogP contribution in [0.4, 0.5) is 5.82 Å². The molecule has 3 aromatic carbocycles. The third-order valence-electron chi connectivity index (χ3n) is 6.29. The van der Waals surface area contributed by atoms with Crippen molar-refractivity contribution in [1.82, 2.24) is 15.3 Å². The Hall–Kier alpha value is -2.95. The molecule has 2 N–H and O–H groups in total. The minimum Gasteiger partial charge on any atom is -0.367 e. The molecule has 4 aromatic rings. The first-order valence-electron chi connectivity index (χ1n) is 11.2. The molecule has 1 fully saturated rings. The molecule has 0 aliphatic carbocycles. The number of aryl methyl sites for hydroxylation is 1. The SMILES string of the molecule is Cc1ccc(C(c2ccc(Cl)cc2)c2ccc3ncnc(NC4CCNCC4)c3c2)cc1. The van der Waals surface area contributed by atoms with Gasteiger partial charge in [0.15, 0.2) is 0 Å². The largest absolute Gasteiger partial charge is 0.367 e. The molecule has 0 saturated carbocycles. The van der Waals surface area contributed by atoms with E-state index in [-0.39, 0.29) is 5.92 Å². The van der Waals surface area contributed by atoms with E-state index in [0.29, 0.717) is 6.04 Å². The monoisotopic (exact) mass is 442 g/mol. The van der Waals surface area contributed by atoms with Gasteiger partial charge in [-0.25, -0.2) is 9.97 Å². The normalized spacial score (nSPS) is 15.6. The van der Waals surface area contributed by atoms with Crippen LogP contribution in [0.3, 0.4) is 0 Å². The van der Waals surface area contributed by atoms with Crippen LogP contribution in [0.5, 0.6) is 0 Å². The second-order valence-corrected chi connectivity index (χ2v) is 9.00. The molecule has 2 heterocycles. The summed E-state index contributed by atoms with van der Waals surface area (Å²) in [6.45, 7) is 4.20. The van der Waals surface area contributed by atoms with Gasteiger partial charge < -0.3 is 10.6 Å². The van der Waals surface area contributed by atoms with Gasteiger partial charge in [0.05, 0.1) is 5.52 Å². The zero-order valence-corrected chi connectivity index (χ0v) is 18.9. The van der Waals surface area contributed by atoms with Gasteiger partial charge in [-0.2, -0.15) is 0 Å². The van der Waals surface area contributed by atoms with Crippen molar-refractivity contribution in [2.75, 3.05) is 18.4 Å². The zero-order chi connectivity index (χ0) is 21.9. The number of hydrogen-bond donors (Lipinski definition) is 2. The predicted octanol–water partition coefficient (Wildman–Crippen LogP) is 5.94. The summed E-state index contributed by atoms with van der Waals surface area (Å²) >= 11 is 6.19. The van der Waals surface area contributed by atoms with Gasteiger partial charge in [0.1, 0.15) is 12.1 Å². The summed E-state index contributed by atoms with van der Waals surface area (Å²) < 4.78 is 0. The van der Waals surface area contributed by atoms with E-state index < -0.39 is 0 Å². The highest BCUT2D eigenvalue weighted by atomic mass is 35.5. The first-order chi connectivity index (χ1) is 15.7. The molecule has 1 atom stereocenters. The average molecular weight is 443 g/mol. The summed E-state index contributed by atoms with van der Waals surface area (Å²) in [6, 6.07) is 23.9. The first kappa shape index (κ1) is 20.9. The van der Waals surface area contributed by atoms with Crippen LogP contribution < -0.4 is 10.6 Å². The lowest BCUT2D eigenvalue weighted by Gasteiger charge is -2.25. The third kappa shape index (κ3) is 4.47. The molecule has 32 heavy (non-hydrogen) atoms. The van der Waals surface area contributed by atoms with Crippen molar-refractivity contribution in [3.63, 3.8) is 0 Å². The minimum absolute atomic E-state index is 0.101. The number of halogens is 1. The molecular weight excluding hydrogens is 416 g/mol. The number of rotatable bonds is 5. The number of anilines is 1. The van der Waals surface area contributed by atoms with Gasteiger partial charge in [-0.05, 0) is 73.8 Å². The Labute approximate surface area is 194 Å². The second-order valence-electron chi connectivity index (χ2n) is 8.56. The van der Waals surface area contributed by atoms with Gasteiger partial charge in [0.2, 0.25) is 0 Å². The maximum absolute atomic E-state index is 6.19. The molecule has 5 heteroatoms. The lowest BCUT2D eigenvalue weighted by Crippen LogP contribution is -2.35. The molecule has 5 rings (SSSR count). The van der Waals surface area contributed by atoms with Crippen molar-refractivity contribution in [1.29, 1.82) is 0 Å². The van der Waals surface area contributed by atoms with E-state index in [4.69, 9.17) is 11.6 Å². The Bertz CT molecular complexity index is 1150. The predicted molar refractivity (Wildman–Crippen MR) is 133 cm³/mol. The Kier molecular flexibility index (Phi) is 6.06. The highest BCUT2D eigenvalue weighted by molar-refractivity contribution is 6.30. The van der Waals surface area contributed by atoms with Crippen LogP contribution in [0, 0.1) is 6.92 Å². The maximum Gasteiger partial charge on any atom is 0.137 e. The number of piperidine rings is 1. The molecule has 1 saturated heterocycles. The van der Waals surface area contributed by atoms with Crippen molar-refractivity contribution in [2.24, 2.45) is 0 Å². The van der Waals surface area contributed by atoms with Crippen LogP contribution >= 0.6 is 11.6 Å². The van der Waals surface area contributed by atoms with Crippen molar-refractivity contribution in [3.05, 3.63) is 100 Å². The van der Waals surface area contributed by atoms with Crippen molar-refractivity contribution in [2.45, 2.75) is 31.7 Å². The van der Waals surface area contributed by atoms with Gasteiger partial charge in [-0.3, -0.25) is 0 Å². The van der Waals surface area contributed by atoms with E-state index in [1.165, 1.54) is 22.3 Å². The topological polar surface area (TPSA) is 49.8 Å². The summed E-state index contributed by atoms with van der Waals surface area (Å²) in [7, 11) is 0. The van der Waals surface area contributed by atoms with Gasteiger partial charge >= 0.3 is 0 Å². The molecule has 4 nitrogen and oxygen atoms in total. The molecule has 1 aromatic heterocycles. The van der Waals surface area contributed by atoms with E-state index in [9.17, 15) is 0 Å². The molecular formula is C27H27ClN4. The summed E-state index contributed by atoms with van der Waals surface area (Å²) in [6.07, 6.45) is 3.85. The quantitative estimate of drug-likeness (QED) is 0.376. The summed E-state index contributed by atoms with van der Waals surface area (Å²) in [4.78, 5) is 9.13. The summed E-state index contributed by atoms with van der Waals surface area (Å²) in [5, 5.41) is 8.91. The summed E-state index contributed by atoms with van der Waals surface area (Å²) in [5.41, 5.74) is 5.89. The van der Waals surface area contributed by atoms with Crippen molar-refractivity contribution < 1.29 is 0 Å². The van der Waals surface area contributed by atoms with Crippen LogP contribution in [0.2, 0.25) is 5.02 Å². The fraction of sp³-hybridized carbons (Fsp3) is 0.259. The fourth-order valence-corrected chi connectivity index (χ4v) is 4.65. The zero-order valence-electron chi connectivity index (χ0n) is 18.2. The molecule has 1 aliphatic rings. The van der Waals surface area contributed by atoms with E-state index in [0.717, 1.165) is 47.7 Å². The average Bonchev–Trinajstić information content (AvgIpc) is 2.83. The van der Waals surface area contributed by atoms with Crippen LogP contribution in [0.25, 0.3) is 10.9 Å². The molecule has 0 amide bonds. The molecule has 0 radical (unpaired) electrons. The second kappa shape index (κ2) is 9.27. The number of nitrogens with zero attached hydrogens (tertiary/aromatic N) is 2. The molecule has 0 spiro atoms. The number of nitrogens with one attached hydrogen (secondary N) is 2. The summed E-state index contributed by atoms with van der Waals surface area (Å²) in [5.74, 6) is 1.02. The smallest absolute Gasteiger partial charge is 0.137 e. The third-order valence-corrected chi connectivity index (χ3v) is 6.54. The van der Waals surface area contributed by atoms with E-state index in [1.807, 2.05) is 12.1 Å². The van der Waals surface area contributed by atoms with Crippen LogP contribution in [-0.2, 0) is 0 Å². The van der Waals surface area contributed by atoms with Gasteiger partial charge in [0.25, 0.3) is 0 Å². The molecule has 162 valence electrons. The Balaban J connectivity index is 1.59. The Morgan fingerprint density at radius 1 is 0.875 bits per heavy atom. The van der Waals surface area contributed by atoms with Gasteiger partial charge in [0, 0.05) is 22.4 Å². The maximum atomic E-state index is 6.19. The Morgan fingerprint density at radius 3 is 2.25 bits per heavy atom. The van der Waals surface area contributed by atoms with Crippen LogP contribution in [-0.4, -0.2) is 29.1 Å². The Morgan fingerprint density at radius 2 is 1.53 bits per heavy atom. The molecule has 0 bridgehead atoms. The van der Waals surface area contributed by atoms with Crippen LogP contribution in [0.1, 0.15) is 41.0 Å². The van der Waals surface area contributed by atoms with Crippen LogP contribution in [0.15, 0.2) is 73.1 Å². The fourth-order valence-electron chi connectivity index (χ4n) is 4.52. The molecule has 1 unspecified atom stereocenters. The van der Waals surface area contributed by atoms with Crippen molar-refractivity contribution in [3.8, 4) is 0 Å². The molecule has 1 aliphatic heterocycles. The standard InChI is InChI=1S/C27H27ClN4/c1-18-2-4-19(5-3-18)26(20-6-9-22(28)10-7-20)21-8-11-25-24(16-21)27(31-17-30-25)32-23-12-14-29-15-13-23/h2-11,16-17,23,26,29H,12-15H2,1H3,(H,30,31,32). The lowest BCUT2D eigenvalue weighted by molar-refractivity contribution is 0.478. The number of fused-ring (bicyclic) bond motifs is 1. The highest BCUT2D eigenvalue weighted by Gasteiger charge is 2.19. The van der Waals surface area contributed by atoms with Gasteiger partial charge in [-0.1, -0.05) is 59.6 Å². The number of benzene rings is 3. The van der Waals surface area contributed by atoms with E-state index in [1.54, 1.807) is 6.33 Å². The van der Waals surface area contributed by atoms with E-state index >= 15 is 0 Å². The number of aromatic nitrogens is 2. The first-order valence-corrected chi connectivity index (χ1v) is 11.6. The van der Waals surface area contributed by atoms with Crippen molar-refractivity contribution >= 4 is 28.3 Å². The van der Waals surface area contributed by atoms with Gasteiger partial charge in [-0.15, -0.1) is 0 Å². The lowest BCUT2D eigenvalue weighted by atomic mass is 9.84. The highest BCUT2D eigenvalue weighted by Crippen LogP contribution is 2.35. The minimum atomic E-state index is 0.101. The van der Waals surface area contributed by atoms with E-state index in [2.05, 4.69) is 82.1 Å².